The standard InChI is InChI=1S/C18H27FN4O/c1-13-10-14(8-9-16(13)19)11-20-18(21-12-17(24)23(2)3)22-15-6-4-5-7-15/h8-10,15H,4-7,11-12H2,1-3H3,(H2,20,21,22). The van der Waals surface area contributed by atoms with E-state index in [1.165, 1.54) is 18.9 Å². The third-order valence-corrected chi connectivity index (χ3v) is 4.24. The van der Waals surface area contributed by atoms with Gasteiger partial charge in [0.25, 0.3) is 0 Å². The molecular weight excluding hydrogens is 307 g/mol. The molecule has 1 aromatic rings. The number of nitrogens with zero attached hydrogens (tertiary/aromatic N) is 2. The normalized spacial score (nSPS) is 15.4. The van der Waals surface area contributed by atoms with Gasteiger partial charge in [-0.25, -0.2) is 9.38 Å². The van der Waals surface area contributed by atoms with Crippen molar-refractivity contribution < 1.29 is 9.18 Å². The van der Waals surface area contributed by atoms with Crippen LogP contribution in [0.5, 0.6) is 0 Å². The van der Waals surface area contributed by atoms with Crippen LogP contribution < -0.4 is 10.6 Å². The van der Waals surface area contributed by atoms with E-state index in [1.807, 2.05) is 0 Å². The molecule has 0 bridgehead atoms. The van der Waals surface area contributed by atoms with Crippen molar-refractivity contribution in [2.24, 2.45) is 4.99 Å². The number of hydrogen-bond acceptors (Lipinski definition) is 2. The Labute approximate surface area is 143 Å². The third-order valence-electron chi connectivity index (χ3n) is 4.24. The number of rotatable bonds is 5. The minimum Gasteiger partial charge on any atom is -0.354 e. The number of benzene rings is 1. The molecule has 5 nitrogen and oxygen atoms in total. The molecule has 0 heterocycles. The van der Waals surface area contributed by atoms with Crippen molar-refractivity contribution in [2.75, 3.05) is 20.6 Å². The van der Waals surface area contributed by atoms with Crippen LogP contribution in [0.3, 0.4) is 0 Å². The van der Waals surface area contributed by atoms with Gasteiger partial charge in [0.2, 0.25) is 5.91 Å². The number of likely N-dealkylation sites (N-methyl/N-ethyl adjacent to an activating group) is 1. The first kappa shape index (κ1) is 18.2. The molecule has 0 aliphatic heterocycles. The Bertz CT molecular complexity index is 595. The number of halogens is 1. The highest BCUT2D eigenvalue weighted by Gasteiger charge is 2.16. The molecule has 1 fully saturated rings. The lowest BCUT2D eigenvalue weighted by molar-refractivity contribution is -0.127. The molecule has 0 radical (unpaired) electrons. The van der Waals surface area contributed by atoms with Crippen LogP contribution in [-0.2, 0) is 11.3 Å². The fourth-order valence-electron chi connectivity index (χ4n) is 2.71. The smallest absolute Gasteiger partial charge is 0.241 e. The van der Waals surface area contributed by atoms with Crippen LogP contribution in [0.2, 0.25) is 0 Å². The fraction of sp³-hybridized carbons (Fsp3) is 0.556. The molecule has 1 aliphatic rings. The van der Waals surface area contributed by atoms with E-state index in [4.69, 9.17) is 0 Å². The molecule has 1 saturated carbocycles. The number of hydrogen-bond donors (Lipinski definition) is 2. The van der Waals surface area contributed by atoms with E-state index < -0.39 is 0 Å². The molecule has 1 aromatic carbocycles. The molecule has 24 heavy (non-hydrogen) atoms. The molecule has 1 amide bonds. The summed E-state index contributed by atoms with van der Waals surface area (Å²) in [6.07, 6.45) is 4.69. The van der Waals surface area contributed by atoms with E-state index in [0.717, 1.165) is 18.4 Å². The second-order valence-electron chi connectivity index (χ2n) is 6.52. The highest BCUT2D eigenvalue weighted by molar-refractivity contribution is 5.86. The van der Waals surface area contributed by atoms with Gasteiger partial charge in [0.05, 0.1) is 13.1 Å². The Kier molecular flexibility index (Phi) is 6.58. The highest BCUT2D eigenvalue weighted by Crippen LogP contribution is 2.17. The van der Waals surface area contributed by atoms with Crippen LogP contribution in [0.1, 0.15) is 36.8 Å². The Hall–Kier alpha value is -2.11. The van der Waals surface area contributed by atoms with Gasteiger partial charge >= 0.3 is 0 Å². The monoisotopic (exact) mass is 334 g/mol. The Morgan fingerprint density at radius 2 is 2.04 bits per heavy atom. The summed E-state index contributed by atoms with van der Waals surface area (Å²) in [4.78, 5) is 17.9. The van der Waals surface area contributed by atoms with Crippen LogP contribution in [0, 0.1) is 12.7 Å². The number of nitrogens with one attached hydrogen (secondary N) is 2. The van der Waals surface area contributed by atoms with Crippen LogP contribution in [-0.4, -0.2) is 43.4 Å². The zero-order valence-electron chi connectivity index (χ0n) is 14.7. The summed E-state index contributed by atoms with van der Waals surface area (Å²) in [7, 11) is 3.46. The molecule has 0 spiro atoms. The maximum atomic E-state index is 13.4. The second-order valence-corrected chi connectivity index (χ2v) is 6.52. The number of carbonyl (C=O) groups excluding carboxylic acids is 1. The maximum absolute atomic E-state index is 13.4. The van der Waals surface area contributed by atoms with Gasteiger partial charge in [-0.05, 0) is 37.0 Å². The predicted octanol–water partition coefficient (Wildman–Crippen LogP) is 2.20. The SMILES string of the molecule is Cc1cc(CN=C(NCC(=O)N(C)C)NC2CCCC2)ccc1F. The number of carbonyl (C=O) groups is 1. The molecule has 132 valence electrons. The summed E-state index contributed by atoms with van der Waals surface area (Å²) in [6.45, 7) is 2.39. The van der Waals surface area contributed by atoms with Crippen LogP contribution in [0.25, 0.3) is 0 Å². The van der Waals surface area contributed by atoms with Crippen molar-refractivity contribution in [3.05, 3.63) is 35.1 Å². The van der Waals surface area contributed by atoms with Crippen molar-refractivity contribution in [3.63, 3.8) is 0 Å². The predicted molar refractivity (Wildman–Crippen MR) is 94.4 cm³/mol. The molecule has 2 rings (SSSR count). The van der Waals surface area contributed by atoms with Gasteiger partial charge in [0, 0.05) is 20.1 Å². The fourth-order valence-corrected chi connectivity index (χ4v) is 2.71. The van der Waals surface area contributed by atoms with Crippen LogP contribution in [0.15, 0.2) is 23.2 Å². The van der Waals surface area contributed by atoms with E-state index in [-0.39, 0.29) is 18.3 Å². The van der Waals surface area contributed by atoms with Crippen molar-refractivity contribution in [3.8, 4) is 0 Å². The van der Waals surface area contributed by atoms with Gasteiger partial charge in [-0.1, -0.05) is 25.0 Å². The zero-order chi connectivity index (χ0) is 17.5. The summed E-state index contributed by atoms with van der Waals surface area (Å²) in [5, 5.41) is 6.50. The van der Waals surface area contributed by atoms with E-state index in [2.05, 4.69) is 15.6 Å². The highest BCUT2D eigenvalue weighted by atomic mass is 19.1. The van der Waals surface area contributed by atoms with Gasteiger partial charge in [-0.2, -0.15) is 0 Å². The minimum absolute atomic E-state index is 0.00597. The zero-order valence-corrected chi connectivity index (χ0v) is 14.7. The topological polar surface area (TPSA) is 56.7 Å². The molecule has 6 heteroatoms. The molecule has 0 saturated heterocycles. The Morgan fingerprint density at radius 1 is 1.33 bits per heavy atom. The minimum atomic E-state index is -0.207. The van der Waals surface area contributed by atoms with Crippen molar-refractivity contribution in [1.82, 2.24) is 15.5 Å². The lowest BCUT2D eigenvalue weighted by Crippen LogP contribution is -2.46. The summed E-state index contributed by atoms with van der Waals surface area (Å²) in [5.74, 6) is 0.425. The van der Waals surface area contributed by atoms with Crippen molar-refractivity contribution in [2.45, 2.75) is 45.2 Å². The molecule has 0 atom stereocenters. The van der Waals surface area contributed by atoms with Gasteiger partial charge in [0.15, 0.2) is 5.96 Å². The van der Waals surface area contributed by atoms with Gasteiger partial charge in [0.1, 0.15) is 5.82 Å². The van der Waals surface area contributed by atoms with Gasteiger partial charge < -0.3 is 15.5 Å². The first-order chi connectivity index (χ1) is 11.5. The molecule has 0 aromatic heterocycles. The van der Waals surface area contributed by atoms with Gasteiger partial charge in [-0.15, -0.1) is 0 Å². The summed E-state index contributed by atoms with van der Waals surface area (Å²) in [5.41, 5.74) is 1.56. The first-order valence-electron chi connectivity index (χ1n) is 8.45. The number of aliphatic imine (C=N–C) groups is 1. The van der Waals surface area contributed by atoms with Crippen LogP contribution >= 0.6 is 0 Å². The summed E-state index contributed by atoms with van der Waals surface area (Å²) in [6, 6.07) is 5.41. The summed E-state index contributed by atoms with van der Waals surface area (Å²) < 4.78 is 13.4. The Balaban J connectivity index is 2.01. The van der Waals surface area contributed by atoms with Crippen molar-refractivity contribution >= 4 is 11.9 Å². The van der Waals surface area contributed by atoms with Crippen molar-refractivity contribution in [1.29, 1.82) is 0 Å². The Morgan fingerprint density at radius 3 is 2.67 bits per heavy atom. The summed E-state index contributed by atoms with van der Waals surface area (Å²) >= 11 is 0. The third kappa shape index (κ3) is 5.51. The second kappa shape index (κ2) is 8.66. The van der Waals surface area contributed by atoms with E-state index in [1.54, 1.807) is 38.1 Å². The number of amides is 1. The lowest BCUT2D eigenvalue weighted by Gasteiger charge is -2.18. The first-order valence-corrected chi connectivity index (χ1v) is 8.45. The van der Waals surface area contributed by atoms with Crippen LogP contribution in [0.4, 0.5) is 4.39 Å². The lowest BCUT2D eigenvalue weighted by atomic mass is 10.1. The molecule has 2 N–H and O–H groups in total. The quantitative estimate of drug-likeness (QED) is 0.641. The molecule has 0 unspecified atom stereocenters. The van der Waals surface area contributed by atoms with E-state index in [0.29, 0.717) is 24.1 Å². The maximum Gasteiger partial charge on any atom is 0.241 e. The largest absolute Gasteiger partial charge is 0.354 e. The molecular formula is C18H27FN4O. The van der Waals surface area contributed by atoms with E-state index >= 15 is 0 Å². The number of aryl methyl sites for hydroxylation is 1. The average Bonchev–Trinajstić information content (AvgIpc) is 3.05. The van der Waals surface area contributed by atoms with Gasteiger partial charge in [-0.3, -0.25) is 4.79 Å². The number of guanidine groups is 1. The van der Waals surface area contributed by atoms with E-state index in [9.17, 15) is 9.18 Å². The molecule has 1 aliphatic carbocycles. The average molecular weight is 334 g/mol.